The molecule has 3 aromatic rings. The number of rotatable bonds is 5. The summed E-state index contributed by atoms with van der Waals surface area (Å²) in [5.74, 6) is -0.826. The lowest BCUT2D eigenvalue weighted by molar-refractivity contribution is -0.115. The van der Waals surface area contributed by atoms with Crippen LogP contribution in [0.1, 0.15) is 16.7 Å². The van der Waals surface area contributed by atoms with Crippen LogP contribution in [0.2, 0.25) is 5.28 Å². The second kappa shape index (κ2) is 9.60. The highest BCUT2D eigenvalue weighted by molar-refractivity contribution is 8.18. The third kappa shape index (κ3) is 5.32. The first kappa shape index (κ1) is 22.8. The molecule has 1 fully saturated rings. The first-order chi connectivity index (χ1) is 15.8. The van der Waals surface area contributed by atoms with Crippen molar-refractivity contribution >= 4 is 46.2 Å². The van der Waals surface area contributed by atoms with E-state index in [-0.39, 0.29) is 22.8 Å². The van der Waals surface area contributed by atoms with Gasteiger partial charge in [0.25, 0.3) is 11.8 Å². The van der Waals surface area contributed by atoms with Crippen LogP contribution in [0.25, 0.3) is 6.08 Å². The molecular weight excluding hydrogens is 467 g/mol. The average Bonchev–Trinajstić information content (AvgIpc) is 3.11. The van der Waals surface area contributed by atoms with Gasteiger partial charge in [-0.1, -0.05) is 23.8 Å². The third-order valence-corrected chi connectivity index (χ3v) is 5.69. The molecule has 2 heterocycles. The van der Waals surface area contributed by atoms with Crippen molar-refractivity contribution < 1.29 is 18.7 Å². The highest BCUT2D eigenvalue weighted by Gasteiger charge is 2.24. The predicted molar refractivity (Wildman–Crippen MR) is 127 cm³/mol. The summed E-state index contributed by atoms with van der Waals surface area (Å²) >= 11 is 6.96. The molecule has 1 aliphatic heterocycles. The number of hydrogen-bond donors (Lipinski definition) is 1. The SMILES string of the molecule is COc1ccc(C=C2SC(=Nc3ccc(C)cc3C)NC2=O)cc1Oc1nc(Cl)ncc1F. The van der Waals surface area contributed by atoms with Crippen LogP contribution in [0.5, 0.6) is 17.4 Å². The van der Waals surface area contributed by atoms with Crippen molar-refractivity contribution in [1.29, 1.82) is 0 Å². The zero-order chi connectivity index (χ0) is 23.5. The summed E-state index contributed by atoms with van der Waals surface area (Å²) < 4.78 is 24.9. The summed E-state index contributed by atoms with van der Waals surface area (Å²) in [5.41, 5.74) is 3.58. The van der Waals surface area contributed by atoms with Crippen LogP contribution in [0.3, 0.4) is 0 Å². The van der Waals surface area contributed by atoms with Crippen LogP contribution in [0.15, 0.2) is 52.5 Å². The number of nitrogens with zero attached hydrogens (tertiary/aromatic N) is 3. The van der Waals surface area contributed by atoms with E-state index in [1.165, 1.54) is 18.9 Å². The van der Waals surface area contributed by atoms with E-state index in [2.05, 4.69) is 20.3 Å². The zero-order valence-electron chi connectivity index (χ0n) is 17.8. The maximum atomic E-state index is 14.0. The standard InChI is InChI=1S/C23H18ClFN4O3S/c1-12-4-6-16(13(2)8-12)27-23-28-20(30)19(33-23)10-14-5-7-17(31-3)18(9-14)32-21-15(25)11-26-22(24)29-21/h4-11H,1-3H3,(H,27,28,30). The Morgan fingerprint density at radius 3 is 2.76 bits per heavy atom. The summed E-state index contributed by atoms with van der Waals surface area (Å²) in [7, 11) is 1.46. The Kier molecular flexibility index (Phi) is 6.62. The van der Waals surface area contributed by atoms with Gasteiger partial charge in [-0.05, 0) is 72.6 Å². The smallest absolute Gasteiger partial charge is 0.264 e. The molecule has 7 nitrogen and oxygen atoms in total. The Labute approximate surface area is 198 Å². The van der Waals surface area contributed by atoms with Crippen molar-refractivity contribution in [3.8, 4) is 17.4 Å². The van der Waals surface area contributed by atoms with Gasteiger partial charge >= 0.3 is 0 Å². The van der Waals surface area contributed by atoms with E-state index >= 15 is 0 Å². The van der Waals surface area contributed by atoms with Gasteiger partial charge in [0.05, 0.1) is 23.9 Å². The van der Waals surface area contributed by atoms with Gasteiger partial charge in [-0.2, -0.15) is 9.37 Å². The Hall–Kier alpha value is -3.43. The van der Waals surface area contributed by atoms with Crippen molar-refractivity contribution in [3.63, 3.8) is 0 Å². The summed E-state index contributed by atoms with van der Waals surface area (Å²) in [5, 5.41) is 3.11. The number of ether oxygens (including phenoxy) is 2. The summed E-state index contributed by atoms with van der Waals surface area (Å²) in [6.45, 7) is 3.98. The lowest BCUT2D eigenvalue weighted by atomic mass is 10.1. The van der Waals surface area contributed by atoms with Crippen molar-refractivity contribution in [2.45, 2.75) is 13.8 Å². The molecule has 0 saturated carbocycles. The fourth-order valence-corrected chi connectivity index (χ4v) is 4.00. The van der Waals surface area contributed by atoms with E-state index in [0.717, 1.165) is 23.0 Å². The second-order valence-corrected chi connectivity index (χ2v) is 8.44. The zero-order valence-corrected chi connectivity index (χ0v) is 19.4. The third-order valence-electron chi connectivity index (χ3n) is 4.60. The highest BCUT2D eigenvalue weighted by atomic mass is 35.5. The molecule has 0 aliphatic carbocycles. The van der Waals surface area contributed by atoms with Crippen molar-refractivity contribution in [1.82, 2.24) is 15.3 Å². The topological polar surface area (TPSA) is 85.7 Å². The average molecular weight is 485 g/mol. The van der Waals surface area contributed by atoms with Crippen molar-refractivity contribution in [2.24, 2.45) is 4.99 Å². The molecule has 0 radical (unpaired) electrons. The molecule has 33 heavy (non-hydrogen) atoms. The molecule has 1 amide bonds. The lowest BCUT2D eigenvalue weighted by Crippen LogP contribution is -2.19. The number of halogens is 2. The molecule has 0 bridgehead atoms. The van der Waals surface area contributed by atoms with E-state index in [9.17, 15) is 9.18 Å². The van der Waals surface area contributed by atoms with Gasteiger partial charge in [-0.15, -0.1) is 0 Å². The van der Waals surface area contributed by atoms with Crippen LogP contribution in [0.4, 0.5) is 10.1 Å². The fraction of sp³-hybridized carbons (Fsp3) is 0.130. The monoisotopic (exact) mass is 484 g/mol. The number of aryl methyl sites for hydroxylation is 2. The number of methoxy groups -OCH3 is 1. The molecule has 0 atom stereocenters. The largest absolute Gasteiger partial charge is 0.493 e. The molecule has 0 spiro atoms. The second-order valence-electron chi connectivity index (χ2n) is 7.08. The molecule has 168 valence electrons. The molecule has 1 N–H and O–H groups in total. The molecule has 1 aromatic heterocycles. The van der Waals surface area contributed by atoms with Gasteiger partial charge in [0, 0.05) is 0 Å². The van der Waals surface area contributed by atoms with Gasteiger partial charge in [0.2, 0.25) is 11.1 Å². The molecule has 10 heteroatoms. The summed E-state index contributed by atoms with van der Waals surface area (Å²) in [4.78, 5) is 24.8. The van der Waals surface area contributed by atoms with Crippen LogP contribution in [-0.2, 0) is 4.79 Å². The number of nitrogens with one attached hydrogen (secondary N) is 1. The van der Waals surface area contributed by atoms with Gasteiger partial charge in [0.1, 0.15) is 0 Å². The normalized spacial score (nSPS) is 15.7. The minimum atomic E-state index is -0.775. The van der Waals surface area contributed by atoms with Crippen LogP contribution in [-0.4, -0.2) is 28.2 Å². The van der Waals surface area contributed by atoms with Gasteiger partial charge < -0.3 is 14.8 Å². The van der Waals surface area contributed by atoms with Gasteiger partial charge in [0.15, 0.2) is 16.7 Å². The van der Waals surface area contributed by atoms with E-state index in [4.69, 9.17) is 21.1 Å². The first-order valence-corrected chi connectivity index (χ1v) is 10.9. The number of thioether (sulfide) groups is 1. The number of benzene rings is 2. The highest BCUT2D eigenvalue weighted by Crippen LogP contribution is 2.35. The number of amides is 1. The molecule has 2 aromatic carbocycles. The maximum absolute atomic E-state index is 14.0. The van der Waals surface area contributed by atoms with Gasteiger partial charge in [-0.3, -0.25) is 4.79 Å². The summed E-state index contributed by atoms with van der Waals surface area (Å²) in [6, 6.07) is 10.9. The Bertz CT molecular complexity index is 1310. The van der Waals surface area contributed by atoms with Crippen molar-refractivity contribution in [3.05, 3.63) is 75.3 Å². The van der Waals surface area contributed by atoms with Crippen LogP contribution >= 0.6 is 23.4 Å². The predicted octanol–water partition coefficient (Wildman–Crippen LogP) is 5.58. The number of aliphatic imine (C=N–C) groups is 1. The molecule has 4 rings (SSSR count). The van der Waals surface area contributed by atoms with Crippen LogP contribution < -0.4 is 14.8 Å². The van der Waals surface area contributed by atoms with Crippen LogP contribution in [0, 0.1) is 19.7 Å². The fourth-order valence-electron chi connectivity index (χ4n) is 3.04. The summed E-state index contributed by atoms with van der Waals surface area (Å²) in [6.07, 6.45) is 2.60. The number of carbonyl (C=O) groups excluding carboxylic acids is 1. The minimum Gasteiger partial charge on any atom is -0.493 e. The minimum absolute atomic E-state index is 0.154. The number of carbonyl (C=O) groups is 1. The van der Waals surface area contributed by atoms with E-state index in [0.29, 0.717) is 21.4 Å². The molecular formula is C23H18ClFN4O3S. The first-order valence-electron chi connectivity index (χ1n) is 9.73. The number of aromatic nitrogens is 2. The van der Waals surface area contributed by atoms with E-state index < -0.39 is 5.82 Å². The Morgan fingerprint density at radius 1 is 1.18 bits per heavy atom. The molecule has 1 saturated heterocycles. The Morgan fingerprint density at radius 2 is 2.00 bits per heavy atom. The lowest BCUT2D eigenvalue weighted by Gasteiger charge is -2.11. The molecule has 1 aliphatic rings. The van der Waals surface area contributed by atoms with Crippen molar-refractivity contribution in [2.75, 3.05) is 7.11 Å². The number of amidine groups is 1. The molecule has 0 unspecified atom stereocenters. The number of hydrogen-bond acceptors (Lipinski definition) is 7. The van der Waals surface area contributed by atoms with E-state index in [1.54, 1.807) is 24.3 Å². The Balaban J connectivity index is 1.61. The van der Waals surface area contributed by atoms with E-state index in [1.807, 2.05) is 32.0 Å². The quantitative estimate of drug-likeness (QED) is 0.376. The van der Waals surface area contributed by atoms with Gasteiger partial charge in [-0.25, -0.2) is 9.98 Å². The maximum Gasteiger partial charge on any atom is 0.264 e.